The van der Waals surface area contributed by atoms with Crippen LogP contribution in [0, 0.1) is 10.1 Å². The lowest BCUT2D eigenvalue weighted by atomic mass is 10.2. The standard InChI is InChI=1S/C9H6N2O3.C7H4Cl2O2/c12-9-7(11(13)14)4-3-6-2-1-5-10-8(6)9;8-4-1-2-5(7(10)11)6(9)3-4/h1-5,12H;1-3H,(H,10,11). The first-order valence-electron chi connectivity index (χ1n) is 6.70. The number of carboxylic acids is 1. The molecule has 0 bridgehead atoms. The number of phenols is 1. The van der Waals surface area contributed by atoms with Crippen LogP contribution in [-0.2, 0) is 0 Å². The number of aromatic carboxylic acids is 1. The minimum Gasteiger partial charge on any atom is -0.501 e. The van der Waals surface area contributed by atoms with Crippen molar-refractivity contribution in [3.8, 4) is 5.75 Å². The molecule has 2 aromatic carbocycles. The molecule has 25 heavy (non-hydrogen) atoms. The Balaban J connectivity index is 0.000000186. The Morgan fingerprint density at radius 3 is 2.48 bits per heavy atom. The highest BCUT2D eigenvalue weighted by Crippen LogP contribution is 2.32. The van der Waals surface area contributed by atoms with Crippen LogP contribution in [0.1, 0.15) is 10.4 Å². The first kappa shape index (κ1) is 18.4. The molecular weight excluding hydrogens is 371 g/mol. The maximum atomic E-state index is 10.5. The van der Waals surface area contributed by atoms with Crippen LogP contribution in [0.5, 0.6) is 5.75 Å². The fraction of sp³-hybridized carbons (Fsp3) is 0. The molecule has 2 N–H and O–H groups in total. The van der Waals surface area contributed by atoms with Gasteiger partial charge in [0.05, 0.1) is 15.5 Å². The number of benzene rings is 2. The van der Waals surface area contributed by atoms with E-state index in [-0.39, 0.29) is 27.5 Å². The van der Waals surface area contributed by atoms with Crippen LogP contribution >= 0.6 is 23.2 Å². The van der Waals surface area contributed by atoms with Gasteiger partial charge in [0.2, 0.25) is 5.75 Å². The fourth-order valence-corrected chi connectivity index (χ4v) is 2.42. The second kappa shape index (κ2) is 7.78. The zero-order chi connectivity index (χ0) is 18.6. The molecule has 0 aliphatic carbocycles. The third kappa shape index (κ3) is 4.34. The number of pyridine rings is 1. The van der Waals surface area contributed by atoms with Gasteiger partial charge in [-0.3, -0.25) is 15.1 Å². The molecule has 0 saturated carbocycles. The van der Waals surface area contributed by atoms with Crippen molar-refractivity contribution in [3.63, 3.8) is 0 Å². The lowest BCUT2D eigenvalue weighted by Crippen LogP contribution is -1.96. The van der Waals surface area contributed by atoms with E-state index >= 15 is 0 Å². The van der Waals surface area contributed by atoms with Gasteiger partial charge >= 0.3 is 11.7 Å². The molecule has 9 heteroatoms. The maximum Gasteiger partial charge on any atom is 0.337 e. The van der Waals surface area contributed by atoms with Crippen LogP contribution in [0.4, 0.5) is 5.69 Å². The zero-order valence-electron chi connectivity index (χ0n) is 12.4. The molecule has 0 atom stereocenters. The van der Waals surface area contributed by atoms with Crippen molar-refractivity contribution < 1.29 is 19.9 Å². The first-order valence-corrected chi connectivity index (χ1v) is 7.46. The SMILES string of the molecule is O=C(O)c1ccc(Cl)cc1Cl.O=[N+]([O-])c1ccc2cccnc2c1O. The number of carboxylic acid groups (broad SMARTS) is 1. The molecule has 0 unspecified atom stereocenters. The van der Waals surface area contributed by atoms with Crippen molar-refractivity contribution in [2.75, 3.05) is 0 Å². The van der Waals surface area contributed by atoms with Gasteiger partial charge < -0.3 is 10.2 Å². The highest BCUT2D eigenvalue weighted by atomic mass is 35.5. The van der Waals surface area contributed by atoms with Crippen LogP contribution in [0.25, 0.3) is 10.9 Å². The quantitative estimate of drug-likeness (QED) is 0.498. The summed E-state index contributed by atoms with van der Waals surface area (Å²) < 4.78 is 0. The number of fused-ring (bicyclic) bond motifs is 1. The predicted molar refractivity (Wildman–Crippen MR) is 93.5 cm³/mol. The van der Waals surface area contributed by atoms with Gasteiger partial charge in [0.25, 0.3) is 0 Å². The molecule has 0 amide bonds. The molecule has 0 spiro atoms. The second-order valence-corrected chi connectivity index (χ2v) is 5.54. The molecule has 0 radical (unpaired) electrons. The van der Waals surface area contributed by atoms with E-state index in [1.165, 1.54) is 30.5 Å². The van der Waals surface area contributed by atoms with E-state index in [2.05, 4.69) is 4.98 Å². The van der Waals surface area contributed by atoms with Gasteiger partial charge in [-0.15, -0.1) is 0 Å². The second-order valence-electron chi connectivity index (χ2n) is 4.69. The van der Waals surface area contributed by atoms with Crippen LogP contribution in [0.15, 0.2) is 48.7 Å². The van der Waals surface area contributed by atoms with E-state index in [1.54, 1.807) is 18.2 Å². The molecule has 0 fully saturated rings. The van der Waals surface area contributed by atoms with Crippen molar-refractivity contribution in [3.05, 3.63) is 74.4 Å². The summed E-state index contributed by atoms with van der Waals surface area (Å²) in [7, 11) is 0. The van der Waals surface area contributed by atoms with Gasteiger partial charge in [-0.1, -0.05) is 29.3 Å². The largest absolute Gasteiger partial charge is 0.501 e. The highest BCUT2D eigenvalue weighted by molar-refractivity contribution is 6.36. The fourth-order valence-electron chi connectivity index (χ4n) is 1.93. The van der Waals surface area contributed by atoms with Gasteiger partial charge in [0.1, 0.15) is 5.52 Å². The average molecular weight is 381 g/mol. The lowest BCUT2D eigenvalue weighted by Gasteiger charge is -1.99. The number of phenolic OH excluding ortho intramolecular Hbond substituents is 1. The Morgan fingerprint density at radius 1 is 1.16 bits per heavy atom. The number of nitro groups is 1. The number of carbonyl (C=O) groups is 1. The molecular formula is C16H10Cl2N2O5. The van der Waals surface area contributed by atoms with E-state index in [0.29, 0.717) is 10.4 Å². The maximum absolute atomic E-state index is 10.5. The molecule has 7 nitrogen and oxygen atoms in total. The van der Waals surface area contributed by atoms with E-state index in [4.69, 9.17) is 28.3 Å². The van der Waals surface area contributed by atoms with Crippen LogP contribution in [0.2, 0.25) is 10.0 Å². The van der Waals surface area contributed by atoms with Crippen molar-refractivity contribution in [2.24, 2.45) is 0 Å². The molecule has 1 aromatic heterocycles. The van der Waals surface area contributed by atoms with Gasteiger partial charge in [-0.2, -0.15) is 0 Å². The summed E-state index contributed by atoms with van der Waals surface area (Å²) in [4.78, 5) is 24.1. The van der Waals surface area contributed by atoms with E-state index in [1.807, 2.05) is 0 Å². The number of nitrogens with zero attached hydrogens (tertiary/aromatic N) is 2. The number of nitro benzene ring substituents is 1. The van der Waals surface area contributed by atoms with E-state index < -0.39 is 10.9 Å². The molecule has 3 aromatic rings. The first-order chi connectivity index (χ1) is 11.8. The smallest absolute Gasteiger partial charge is 0.337 e. The topological polar surface area (TPSA) is 114 Å². The minimum absolute atomic E-state index is 0.0658. The number of hydrogen-bond donors (Lipinski definition) is 2. The number of aromatic hydroxyl groups is 1. The van der Waals surface area contributed by atoms with Crippen molar-refractivity contribution in [1.82, 2.24) is 4.98 Å². The molecule has 0 aliphatic heterocycles. The lowest BCUT2D eigenvalue weighted by molar-refractivity contribution is -0.385. The molecule has 128 valence electrons. The number of hydrogen-bond acceptors (Lipinski definition) is 5. The molecule has 0 saturated heterocycles. The Morgan fingerprint density at radius 2 is 1.88 bits per heavy atom. The van der Waals surface area contributed by atoms with E-state index in [0.717, 1.165) is 0 Å². The highest BCUT2D eigenvalue weighted by Gasteiger charge is 2.16. The summed E-state index contributed by atoms with van der Waals surface area (Å²) in [6.07, 6.45) is 1.48. The van der Waals surface area contributed by atoms with Crippen LogP contribution < -0.4 is 0 Å². The minimum atomic E-state index is -1.05. The summed E-state index contributed by atoms with van der Waals surface area (Å²) in [6, 6.07) is 10.5. The number of halogens is 2. The van der Waals surface area contributed by atoms with Crippen LogP contribution in [-0.4, -0.2) is 26.1 Å². The van der Waals surface area contributed by atoms with Gasteiger partial charge in [-0.05, 0) is 30.3 Å². The normalized spacial score (nSPS) is 10.0. The monoisotopic (exact) mass is 380 g/mol. The Bertz CT molecular complexity index is 962. The Labute approximate surface area is 151 Å². The molecule has 0 aliphatic rings. The zero-order valence-corrected chi connectivity index (χ0v) is 13.9. The van der Waals surface area contributed by atoms with Crippen LogP contribution in [0.3, 0.4) is 0 Å². The predicted octanol–water partition coefficient (Wildman–Crippen LogP) is 4.54. The molecule has 1 heterocycles. The van der Waals surface area contributed by atoms with Crippen molar-refractivity contribution in [2.45, 2.75) is 0 Å². The van der Waals surface area contributed by atoms with Gasteiger partial charge in [-0.25, -0.2) is 4.79 Å². The molecule has 3 rings (SSSR count). The third-order valence-electron chi connectivity index (χ3n) is 3.08. The Kier molecular flexibility index (Phi) is 5.74. The van der Waals surface area contributed by atoms with Gasteiger partial charge in [0, 0.05) is 22.7 Å². The van der Waals surface area contributed by atoms with Crippen molar-refractivity contribution >= 4 is 45.8 Å². The summed E-state index contributed by atoms with van der Waals surface area (Å²) in [5.41, 5.74) is -0.00559. The number of aromatic nitrogens is 1. The summed E-state index contributed by atoms with van der Waals surface area (Å²) >= 11 is 11.1. The average Bonchev–Trinajstić information content (AvgIpc) is 2.55. The third-order valence-corrected chi connectivity index (χ3v) is 3.63. The van der Waals surface area contributed by atoms with Crippen molar-refractivity contribution in [1.29, 1.82) is 0 Å². The van der Waals surface area contributed by atoms with E-state index in [9.17, 15) is 20.0 Å². The Hall–Kier alpha value is -2.90. The summed E-state index contributed by atoms with van der Waals surface area (Å²) in [5.74, 6) is -1.43. The summed E-state index contributed by atoms with van der Waals surface area (Å²) in [6.45, 7) is 0. The number of rotatable bonds is 2. The summed E-state index contributed by atoms with van der Waals surface area (Å²) in [5, 5.41) is 29.8. The van der Waals surface area contributed by atoms with Gasteiger partial charge in [0.15, 0.2) is 0 Å².